The minimum Gasteiger partial charge on any atom is -0.481 e. The van der Waals surface area contributed by atoms with Crippen molar-refractivity contribution >= 4 is 19.0 Å². The van der Waals surface area contributed by atoms with Gasteiger partial charge < -0.3 is 20.1 Å². The fourth-order valence-corrected chi connectivity index (χ4v) is 2.51. The predicted molar refractivity (Wildman–Crippen MR) is 76.3 cm³/mol. The molecule has 0 radical (unpaired) electrons. The number of halogens is 2. The number of aliphatic carboxylic acids is 1. The summed E-state index contributed by atoms with van der Waals surface area (Å²) in [5, 5.41) is 21.0. The number of rotatable bonds is 5. The van der Waals surface area contributed by atoms with Gasteiger partial charge in [-0.15, -0.1) is 0 Å². The van der Waals surface area contributed by atoms with E-state index in [2.05, 4.69) is 5.32 Å². The van der Waals surface area contributed by atoms with Crippen molar-refractivity contribution in [2.24, 2.45) is 0 Å². The maximum Gasteiger partial charge on any atom is 0.478 e. The van der Waals surface area contributed by atoms with Gasteiger partial charge in [0.1, 0.15) is 11.6 Å². The molecule has 1 aliphatic rings. The molecule has 1 aromatic carbocycles. The SMILES string of the molecule is O=C(O)CC1CCC(NC(=O)Cc2cc(F)cc(F)c2)B(O)O1. The van der Waals surface area contributed by atoms with Gasteiger partial charge in [0.05, 0.1) is 24.9 Å². The third-order valence-electron chi connectivity index (χ3n) is 3.51. The normalized spacial score (nSPS) is 21.1. The monoisotopic (exact) mass is 327 g/mol. The number of amides is 1. The summed E-state index contributed by atoms with van der Waals surface area (Å²) in [6.07, 6.45) is -0.338. The van der Waals surface area contributed by atoms with Crippen molar-refractivity contribution in [2.45, 2.75) is 37.7 Å². The van der Waals surface area contributed by atoms with Crippen LogP contribution in [0, 0.1) is 11.6 Å². The quantitative estimate of drug-likeness (QED) is 0.691. The second-order valence-electron chi connectivity index (χ2n) is 5.45. The van der Waals surface area contributed by atoms with E-state index in [-0.39, 0.29) is 18.4 Å². The summed E-state index contributed by atoms with van der Waals surface area (Å²) < 4.78 is 31.3. The van der Waals surface area contributed by atoms with E-state index in [9.17, 15) is 23.4 Å². The Kier molecular flexibility index (Phi) is 5.67. The maximum absolute atomic E-state index is 13.1. The van der Waals surface area contributed by atoms with E-state index in [1.807, 2.05) is 0 Å². The molecule has 2 unspecified atom stereocenters. The van der Waals surface area contributed by atoms with E-state index in [0.717, 1.165) is 12.1 Å². The van der Waals surface area contributed by atoms with E-state index in [1.54, 1.807) is 0 Å². The van der Waals surface area contributed by atoms with Gasteiger partial charge in [-0.25, -0.2) is 8.78 Å². The third kappa shape index (κ3) is 5.29. The molecule has 2 rings (SSSR count). The highest BCUT2D eigenvalue weighted by Gasteiger charge is 2.36. The highest BCUT2D eigenvalue weighted by atomic mass is 19.1. The van der Waals surface area contributed by atoms with Gasteiger partial charge in [-0.3, -0.25) is 9.59 Å². The Balaban J connectivity index is 1.87. The van der Waals surface area contributed by atoms with Crippen molar-refractivity contribution in [1.29, 1.82) is 0 Å². The molecule has 1 aliphatic heterocycles. The first-order valence-electron chi connectivity index (χ1n) is 7.13. The topological polar surface area (TPSA) is 95.9 Å². The van der Waals surface area contributed by atoms with Crippen LogP contribution in [0.5, 0.6) is 0 Å². The fourth-order valence-electron chi connectivity index (χ4n) is 2.51. The molecule has 1 heterocycles. The van der Waals surface area contributed by atoms with Gasteiger partial charge in [-0.05, 0) is 30.5 Å². The summed E-state index contributed by atoms with van der Waals surface area (Å²) in [5.41, 5.74) is 0.176. The molecular weight excluding hydrogens is 311 g/mol. The van der Waals surface area contributed by atoms with Gasteiger partial charge in [0.25, 0.3) is 0 Å². The largest absolute Gasteiger partial charge is 0.481 e. The average molecular weight is 327 g/mol. The second kappa shape index (κ2) is 7.52. The summed E-state index contributed by atoms with van der Waals surface area (Å²) in [6.45, 7) is 0. The lowest BCUT2D eigenvalue weighted by atomic mass is 9.72. The van der Waals surface area contributed by atoms with E-state index in [0.29, 0.717) is 18.9 Å². The van der Waals surface area contributed by atoms with Gasteiger partial charge in [0, 0.05) is 6.07 Å². The molecule has 6 nitrogen and oxygen atoms in total. The van der Waals surface area contributed by atoms with Gasteiger partial charge in [-0.1, -0.05) is 0 Å². The Morgan fingerprint density at radius 3 is 2.48 bits per heavy atom. The van der Waals surface area contributed by atoms with Crippen LogP contribution in [0.4, 0.5) is 8.78 Å². The van der Waals surface area contributed by atoms with Crippen LogP contribution in [-0.4, -0.2) is 41.2 Å². The molecule has 1 amide bonds. The van der Waals surface area contributed by atoms with Crippen molar-refractivity contribution in [3.63, 3.8) is 0 Å². The maximum atomic E-state index is 13.1. The van der Waals surface area contributed by atoms with E-state index >= 15 is 0 Å². The third-order valence-corrected chi connectivity index (χ3v) is 3.51. The Morgan fingerprint density at radius 2 is 1.91 bits per heavy atom. The molecular formula is C14H16BF2NO5. The Labute approximate surface area is 131 Å². The standard InChI is InChI=1S/C14H16BF2NO5/c16-9-3-8(4-10(17)6-9)5-13(19)18-12-2-1-11(7-14(20)21)23-15(12)22/h3-4,6,11-12,22H,1-2,5,7H2,(H,18,19)(H,20,21). The van der Waals surface area contributed by atoms with Crippen molar-refractivity contribution in [3.05, 3.63) is 35.4 Å². The molecule has 2 atom stereocenters. The second-order valence-corrected chi connectivity index (χ2v) is 5.45. The summed E-state index contributed by atoms with van der Waals surface area (Å²) in [4.78, 5) is 22.5. The van der Waals surface area contributed by atoms with E-state index in [4.69, 9.17) is 9.76 Å². The lowest BCUT2D eigenvalue weighted by Gasteiger charge is -2.30. The van der Waals surface area contributed by atoms with Crippen molar-refractivity contribution in [1.82, 2.24) is 5.32 Å². The van der Waals surface area contributed by atoms with Crippen LogP contribution in [-0.2, 0) is 20.7 Å². The van der Waals surface area contributed by atoms with Gasteiger partial charge >= 0.3 is 13.1 Å². The first-order valence-corrected chi connectivity index (χ1v) is 7.13. The average Bonchev–Trinajstić information content (AvgIpc) is 2.40. The first kappa shape index (κ1) is 17.4. The minimum atomic E-state index is -1.32. The fraction of sp³-hybridized carbons (Fsp3) is 0.429. The van der Waals surface area contributed by atoms with Crippen molar-refractivity contribution in [2.75, 3.05) is 0 Å². The first-order chi connectivity index (χ1) is 10.8. The Bertz CT molecular complexity index is 580. The number of nitrogens with one attached hydrogen (secondary N) is 1. The number of benzene rings is 1. The Hall–Kier alpha value is -2.00. The molecule has 0 bridgehead atoms. The highest BCUT2D eigenvalue weighted by molar-refractivity contribution is 6.45. The molecule has 0 saturated carbocycles. The summed E-state index contributed by atoms with van der Waals surface area (Å²) in [7, 11) is -1.32. The molecule has 1 saturated heterocycles. The number of hydrogen-bond donors (Lipinski definition) is 3. The zero-order chi connectivity index (χ0) is 17.0. The van der Waals surface area contributed by atoms with Crippen LogP contribution < -0.4 is 5.32 Å². The molecule has 0 aliphatic carbocycles. The number of carbonyl (C=O) groups excluding carboxylic acids is 1. The zero-order valence-electron chi connectivity index (χ0n) is 12.2. The van der Waals surface area contributed by atoms with Gasteiger partial charge in [-0.2, -0.15) is 0 Å². The zero-order valence-corrected chi connectivity index (χ0v) is 12.2. The van der Waals surface area contributed by atoms with Gasteiger partial charge in [0.2, 0.25) is 5.91 Å². The number of carboxylic acid groups (broad SMARTS) is 1. The molecule has 9 heteroatoms. The van der Waals surface area contributed by atoms with E-state index in [1.165, 1.54) is 0 Å². The van der Waals surface area contributed by atoms with Crippen LogP contribution >= 0.6 is 0 Å². The van der Waals surface area contributed by atoms with E-state index < -0.39 is 42.7 Å². The number of carbonyl (C=O) groups is 2. The van der Waals surface area contributed by atoms with Crippen LogP contribution in [0.1, 0.15) is 24.8 Å². The summed E-state index contributed by atoms with van der Waals surface area (Å²) >= 11 is 0. The number of hydrogen-bond acceptors (Lipinski definition) is 4. The highest BCUT2D eigenvalue weighted by Crippen LogP contribution is 2.19. The van der Waals surface area contributed by atoms with Crippen molar-refractivity contribution < 1.29 is 33.2 Å². The predicted octanol–water partition coefficient (Wildman–Crippen LogP) is 0.665. The summed E-state index contributed by atoms with van der Waals surface area (Å²) in [5.74, 6) is -3.78. The van der Waals surface area contributed by atoms with Crippen LogP contribution in [0.25, 0.3) is 0 Å². The van der Waals surface area contributed by atoms with Crippen LogP contribution in [0.15, 0.2) is 18.2 Å². The molecule has 1 fully saturated rings. The lowest BCUT2D eigenvalue weighted by molar-refractivity contribution is -0.139. The number of carboxylic acids is 1. The van der Waals surface area contributed by atoms with Gasteiger partial charge in [0.15, 0.2) is 0 Å². The molecule has 23 heavy (non-hydrogen) atoms. The summed E-state index contributed by atoms with van der Waals surface area (Å²) in [6, 6.07) is 2.82. The smallest absolute Gasteiger partial charge is 0.478 e. The van der Waals surface area contributed by atoms with Crippen LogP contribution in [0.3, 0.4) is 0 Å². The molecule has 124 valence electrons. The Morgan fingerprint density at radius 1 is 1.26 bits per heavy atom. The molecule has 1 aromatic rings. The molecule has 0 aromatic heterocycles. The lowest BCUT2D eigenvalue weighted by Crippen LogP contribution is -2.53. The molecule has 3 N–H and O–H groups in total. The molecule has 0 spiro atoms. The minimum absolute atomic E-state index is 0.176. The van der Waals surface area contributed by atoms with Crippen molar-refractivity contribution in [3.8, 4) is 0 Å². The van der Waals surface area contributed by atoms with Crippen LogP contribution in [0.2, 0.25) is 0 Å².